The van der Waals surface area contributed by atoms with Crippen LogP contribution in [-0.2, 0) is 11.2 Å². The zero-order valence-electron chi connectivity index (χ0n) is 15.0. The molecule has 1 amide bonds. The van der Waals surface area contributed by atoms with Crippen LogP contribution >= 0.6 is 22.9 Å². The summed E-state index contributed by atoms with van der Waals surface area (Å²) in [6.45, 7) is 7.65. The molecular formula is C20H26IN3O. The first kappa shape index (κ1) is 18.6. The molecule has 25 heavy (non-hydrogen) atoms. The van der Waals surface area contributed by atoms with Crippen molar-refractivity contribution in [3.05, 3.63) is 41.5 Å². The Balaban J connectivity index is 1.69. The van der Waals surface area contributed by atoms with Crippen LogP contribution < -0.4 is 4.90 Å². The molecule has 0 radical (unpaired) electrons. The number of anilines is 1. The topological polar surface area (TPSA) is 35.9 Å². The fourth-order valence-corrected chi connectivity index (χ4v) is 4.62. The van der Waals surface area contributed by atoms with Crippen molar-refractivity contribution in [1.82, 2.24) is 3.11 Å². The van der Waals surface area contributed by atoms with Gasteiger partial charge in [0, 0.05) is 60.9 Å². The summed E-state index contributed by atoms with van der Waals surface area (Å²) in [6.07, 6.45) is 6.91. The highest BCUT2D eigenvalue weighted by atomic mass is 127. The van der Waals surface area contributed by atoms with E-state index in [1.807, 2.05) is 25.0 Å². The number of rotatable bonds is 5. The van der Waals surface area contributed by atoms with E-state index in [2.05, 4.69) is 61.3 Å². The minimum absolute atomic E-state index is 0.144. The van der Waals surface area contributed by atoms with Gasteiger partial charge < -0.3 is 4.90 Å². The largest absolute Gasteiger partial charge is 0.312 e. The van der Waals surface area contributed by atoms with Crippen LogP contribution in [0.2, 0.25) is 0 Å². The summed E-state index contributed by atoms with van der Waals surface area (Å²) < 4.78 is 2.25. The number of benzene rings is 1. The van der Waals surface area contributed by atoms with E-state index in [1.54, 1.807) is 0 Å². The fraction of sp³-hybridized carbons (Fsp3) is 0.500. The smallest absolute Gasteiger partial charge is 0.234 e. The number of allylic oxidation sites excluding steroid dienone is 2. The second kappa shape index (κ2) is 7.99. The maximum atomic E-state index is 13.0. The van der Waals surface area contributed by atoms with Crippen molar-refractivity contribution < 1.29 is 4.79 Å². The van der Waals surface area contributed by atoms with E-state index in [0.717, 1.165) is 51.1 Å². The Morgan fingerprint density at radius 2 is 2.00 bits per heavy atom. The van der Waals surface area contributed by atoms with Crippen molar-refractivity contribution in [3.8, 4) is 0 Å². The Hall–Kier alpha value is -1.21. The molecule has 3 rings (SSSR count). The molecular weight excluding hydrogens is 425 g/mol. The lowest BCUT2D eigenvalue weighted by molar-refractivity contribution is -0.124. The lowest BCUT2D eigenvalue weighted by atomic mass is 9.86. The van der Waals surface area contributed by atoms with Gasteiger partial charge in [0.2, 0.25) is 5.91 Å². The molecule has 1 atom stereocenters. The molecule has 0 aromatic heterocycles. The Morgan fingerprint density at radius 1 is 1.28 bits per heavy atom. The van der Waals surface area contributed by atoms with Gasteiger partial charge in [0.05, 0.1) is 5.41 Å². The third-order valence-electron chi connectivity index (χ3n) is 5.29. The van der Waals surface area contributed by atoms with Gasteiger partial charge >= 0.3 is 0 Å². The van der Waals surface area contributed by atoms with Crippen LogP contribution in [0, 0.1) is 5.41 Å². The first-order chi connectivity index (χ1) is 12.1. The van der Waals surface area contributed by atoms with Gasteiger partial charge in [-0.25, -0.2) is 3.11 Å². The monoisotopic (exact) mass is 451 g/mol. The number of carbonyl (C=O) groups is 1. The molecule has 1 aromatic carbocycles. The van der Waals surface area contributed by atoms with Gasteiger partial charge in [0.1, 0.15) is 0 Å². The summed E-state index contributed by atoms with van der Waals surface area (Å²) in [5.41, 5.74) is 3.36. The average Bonchev–Trinajstić information content (AvgIpc) is 3.16. The minimum Gasteiger partial charge on any atom is -0.312 e. The van der Waals surface area contributed by atoms with Crippen molar-refractivity contribution in [2.24, 2.45) is 10.4 Å². The highest BCUT2D eigenvalue weighted by Gasteiger charge is 2.50. The normalized spacial score (nSPS) is 25.0. The van der Waals surface area contributed by atoms with Crippen molar-refractivity contribution in [2.75, 3.05) is 31.1 Å². The van der Waals surface area contributed by atoms with Crippen molar-refractivity contribution >= 4 is 40.7 Å². The van der Waals surface area contributed by atoms with Gasteiger partial charge in [0.15, 0.2) is 0 Å². The quantitative estimate of drug-likeness (QED) is 0.385. The van der Waals surface area contributed by atoms with E-state index in [0.29, 0.717) is 5.91 Å². The third kappa shape index (κ3) is 3.97. The Bertz CT molecular complexity index is 683. The molecule has 1 unspecified atom stereocenters. The highest BCUT2D eigenvalue weighted by Crippen LogP contribution is 2.43. The van der Waals surface area contributed by atoms with Gasteiger partial charge in [-0.2, -0.15) is 0 Å². The molecule has 5 heteroatoms. The van der Waals surface area contributed by atoms with Gasteiger partial charge in [-0.3, -0.25) is 9.79 Å². The lowest BCUT2D eigenvalue weighted by Crippen LogP contribution is -2.35. The Kier molecular flexibility index (Phi) is 5.94. The molecule has 2 fully saturated rings. The van der Waals surface area contributed by atoms with Crippen molar-refractivity contribution in [1.29, 1.82) is 0 Å². The van der Waals surface area contributed by atoms with Gasteiger partial charge in [-0.05, 0) is 56.4 Å². The molecule has 1 spiro atoms. The standard InChI is InChI=1S/C20H26IN3O/c1-3-16(14-22-4-2)13-17-5-7-18(8-6-17)24-12-10-20(19(24)25)9-11-23(21)15-20/h3,5-8,14H,4,9-13,15H2,1-2H3/b16-3-,22-14?. The third-order valence-corrected chi connectivity index (χ3v) is 6.11. The fourth-order valence-electron chi connectivity index (χ4n) is 3.73. The Labute approximate surface area is 164 Å². The molecule has 134 valence electrons. The average molecular weight is 451 g/mol. The summed E-state index contributed by atoms with van der Waals surface area (Å²) in [6, 6.07) is 8.45. The van der Waals surface area contributed by atoms with E-state index < -0.39 is 0 Å². The predicted molar refractivity (Wildman–Crippen MR) is 113 cm³/mol. The molecule has 0 bridgehead atoms. The zero-order chi connectivity index (χ0) is 17.9. The minimum atomic E-state index is -0.144. The Morgan fingerprint density at radius 3 is 2.60 bits per heavy atom. The van der Waals surface area contributed by atoms with Crippen molar-refractivity contribution in [3.63, 3.8) is 0 Å². The first-order valence-corrected chi connectivity index (χ1v) is 10.0. The SMILES string of the molecule is C/C=C(\C=NCC)Cc1ccc(N2CCC3(CCN(I)C3)C2=O)cc1. The van der Waals surface area contributed by atoms with Crippen LogP contribution in [0.25, 0.3) is 0 Å². The van der Waals surface area contributed by atoms with E-state index >= 15 is 0 Å². The molecule has 0 aliphatic carbocycles. The van der Waals surface area contributed by atoms with E-state index in [4.69, 9.17) is 0 Å². The van der Waals surface area contributed by atoms with E-state index in [1.165, 1.54) is 11.1 Å². The molecule has 2 aliphatic rings. The molecule has 1 aromatic rings. The summed E-state index contributed by atoms with van der Waals surface area (Å²) in [5, 5.41) is 0. The maximum absolute atomic E-state index is 13.0. The predicted octanol–water partition coefficient (Wildman–Crippen LogP) is 4.04. The molecule has 2 heterocycles. The lowest BCUT2D eigenvalue weighted by Gasteiger charge is -2.22. The number of carbonyl (C=O) groups excluding carboxylic acids is 1. The van der Waals surface area contributed by atoms with Crippen LogP contribution in [-0.4, -0.2) is 41.4 Å². The maximum Gasteiger partial charge on any atom is 0.234 e. The molecule has 0 N–H and O–H groups in total. The van der Waals surface area contributed by atoms with E-state index in [-0.39, 0.29) is 5.41 Å². The molecule has 2 aliphatic heterocycles. The van der Waals surface area contributed by atoms with Gasteiger partial charge in [0.25, 0.3) is 0 Å². The number of nitrogens with zero attached hydrogens (tertiary/aromatic N) is 3. The second-order valence-corrected chi connectivity index (χ2v) is 8.28. The summed E-state index contributed by atoms with van der Waals surface area (Å²) >= 11 is 2.34. The molecule has 2 saturated heterocycles. The summed E-state index contributed by atoms with van der Waals surface area (Å²) in [5.74, 6) is 0.309. The number of amides is 1. The van der Waals surface area contributed by atoms with Gasteiger partial charge in [-0.1, -0.05) is 18.2 Å². The van der Waals surface area contributed by atoms with Crippen LogP contribution in [0.3, 0.4) is 0 Å². The van der Waals surface area contributed by atoms with Crippen molar-refractivity contribution in [2.45, 2.75) is 33.1 Å². The van der Waals surface area contributed by atoms with Gasteiger partial charge in [-0.15, -0.1) is 0 Å². The van der Waals surface area contributed by atoms with Crippen LogP contribution in [0.5, 0.6) is 0 Å². The zero-order valence-corrected chi connectivity index (χ0v) is 17.2. The number of hydrogen-bond donors (Lipinski definition) is 0. The number of hydrogen-bond acceptors (Lipinski definition) is 3. The van der Waals surface area contributed by atoms with Crippen LogP contribution in [0.4, 0.5) is 5.69 Å². The summed E-state index contributed by atoms with van der Waals surface area (Å²) in [7, 11) is 0. The van der Waals surface area contributed by atoms with Crippen LogP contribution in [0.15, 0.2) is 40.9 Å². The highest BCUT2D eigenvalue weighted by molar-refractivity contribution is 14.1. The van der Waals surface area contributed by atoms with Crippen LogP contribution in [0.1, 0.15) is 32.3 Å². The second-order valence-electron chi connectivity index (χ2n) is 6.92. The molecule has 0 saturated carbocycles. The summed E-state index contributed by atoms with van der Waals surface area (Å²) in [4.78, 5) is 19.3. The first-order valence-electron chi connectivity index (χ1n) is 9.04. The van der Waals surface area contributed by atoms with E-state index in [9.17, 15) is 4.79 Å². The number of aliphatic imine (C=N–C) groups is 1. The number of halogens is 1. The molecule has 4 nitrogen and oxygen atoms in total.